The molecule has 3 heterocycles. The van der Waals surface area contributed by atoms with Gasteiger partial charge in [-0.2, -0.15) is 0 Å². The molecule has 8 nitrogen and oxygen atoms in total. The molecule has 0 radical (unpaired) electrons. The number of halogens is 1. The van der Waals surface area contributed by atoms with Gasteiger partial charge in [0.1, 0.15) is 0 Å². The summed E-state index contributed by atoms with van der Waals surface area (Å²) in [4.78, 5) is 33.4. The van der Waals surface area contributed by atoms with E-state index in [0.717, 1.165) is 5.56 Å². The number of imidazole rings is 1. The Morgan fingerprint density at radius 1 is 1.15 bits per heavy atom. The third-order valence-corrected chi connectivity index (χ3v) is 6.10. The minimum atomic E-state index is -0.933. The molecule has 33 heavy (non-hydrogen) atoms. The van der Waals surface area contributed by atoms with Gasteiger partial charge in [-0.05, 0) is 42.0 Å². The van der Waals surface area contributed by atoms with Gasteiger partial charge in [-0.3, -0.25) is 9.69 Å². The summed E-state index contributed by atoms with van der Waals surface area (Å²) in [5.74, 6) is -0.117. The first-order chi connectivity index (χ1) is 16.0. The van der Waals surface area contributed by atoms with Crippen molar-refractivity contribution >= 4 is 29.3 Å². The van der Waals surface area contributed by atoms with Gasteiger partial charge in [-0.15, -0.1) is 0 Å². The summed E-state index contributed by atoms with van der Waals surface area (Å²) in [5.41, 5.74) is 1.34. The van der Waals surface area contributed by atoms with E-state index < -0.39 is 11.7 Å². The SMILES string of the molecule is O=C(c1cccc(Cn2ccnc2)c1)N1CCOC[C@]2(C1)CN(c1ccc(Cl)cc1)C(=O)O2. The van der Waals surface area contributed by atoms with Crippen molar-refractivity contribution in [2.75, 3.05) is 37.7 Å². The maximum Gasteiger partial charge on any atom is 0.415 e. The van der Waals surface area contributed by atoms with Crippen LogP contribution in [0.5, 0.6) is 0 Å². The molecule has 2 saturated heterocycles. The van der Waals surface area contributed by atoms with Crippen LogP contribution in [0.1, 0.15) is 15.9 Å². The first-order valence-corrected chi connectivity index (χ1v) is 11.1. The van der Waals surface area contributed by atoms with E-state index in [-0.39, 0.29) is 25.6 Å². The van der Waals surface area contributed by atoms with Crippen molar-refractivity contribution < 1.29 is 19.1 Å². The highest BCUT2D eigenvalue weighted by atomic mass is 35.5. The lowest BCUT2D eigenvalue weighted by molar-refractivity contribution is -0.0140. The third-order valence-electron chi connectivity index (χ3n) is 5.84. The van der Waals surface area contributed by atoms with Gasteiger partial charge in [0.2, 0.25) is 0 Å². The molecule has 0 N–H and O–H groups in total. The molecule has 3 aromatic rings. The molecule has 2 aromatic carbocycles. The van der Waals surface area contributed by atoms with Crippen LogP contribution < -0.4 is 4.90 Å². The van der Waals surface area contributed by atoms with Crippen LogP contribution in [0.25, 0.3) is 0 Å². The van der Waals surface area contributed by atoms with Gasteiger partial charge in [0.15, 0.2) is 5.60 Å². The predicted molar refractivity (Wildman–Crippen MR) is 123 cm³/mol. The number of hydrogen-bond donors (Lipinski definition) is 0. The highest BCUT2D eigenvalue weighted by Gasteiger charge is 2.49. The summed E-state index contributed by atoms with van der Waals surface area (Å²) in [6.07, 6.45) is 4.89. The number of ether oxygens (including phenoxy) is 2. The molecule has 2 aliphatic rings. The van der Waals surface area contributed by atoms with E-state index in [1.807, 2.05) is 29.0 Å². The first-order valence-electron chi connectivity index (χ1n) is 10.7. The average molecular weight is 467 g/mol. The normalized spacial score (nSPS) is 20.7. The molecule has 0 unspecified atom stereocenters. The van der Waals surface area contributed by atoms with Crippen LogP contribution in [0, 0.1) is 0 Å². The summed E-state index contributed by atoms with van der Waals surface area (Å²) >= 11 is 5.98. The predicted octanol–water partition coefficient (Wildman–Crippen LogP) is 3.45. The third kappa shape index (κ3) is 4.58. The van der Waals surface area contributed by atoms with E-state index >= 15 is 0 Å². The lowest BCUT2D eigenvalue weighted by atomic mass is 10.0. The summed E-state index contributed by atoms with van der Waals surface area (Å²) in [6.45, 7) is 2.20. The van der Waals surface area contributed by atoms with Crippen molar-refractivity contribution in [1.29, 1.82) is 0 Å². The number of carbonyl (C=O) groups is 2. The smallest absolute Gasteiger partial charge is 0.415 e. The van der Waals surface area contributed by atoms with Crippen molar-refractivity contribution in [3.63, 3.8) is 0 Å². The maximum absolute atomic E-state index is 13.4. The minimum absolute atomic E-state index is 0.117. The fraction of sp³-hybridized carbons (Fsp3) is 0.292. The van der Waals surface area contributed by atoms with Crippen molar-refractivity contribution in [1.82, 2.24) is 14.5 Å². The molecule has 5 rings (SSSR count). The van der Waals surface area contributed by atoms with Gasteiger partial charge < -0.3 is 18.9 Å². The quantitative estimate of drug-likeness (QED) is 0.588. The Hall–Kier alpha value is -3.36. The highest BCUT2D eigenvalue weighted by molar-refractivity contribution is 6.30. The molecule has 2 amide bonds. The van der Waals surface area contributed by atoms with E-state index in [1.165, 1.54) is 0 Å². The summed E-state index contributed by atoms with van der Waals surface area (Å²) < 4.78 is 13.5. The van der Waals surface area contributed by atoms with Gasteiger partial charge in [-0.25, -0.2) is 9.78 Å². The summed E-state index contributed by atoms with van der Waals surface area (Å²) in [7, 11) is 0. The lowest BCUT2D eigenvalue weighted by Crippen LogP contribution is -2.49. The zero-order chi connectivity index (χ0) is 22.8. The molecule has 0 aliphatic carbocycles. The molecule has 1 spiro atoms. The number of aromatic nitrogens is 2. The number of amides is 2. The number of benzene rings is 2. The van der Waals surface area contributed by atoms with Crippen LogP contribution in [0.4, 0.5) is 10.5 Å². The average Bonchev–Trinajstić information content (AvgIpc) is 3.38. The van der Waals surface area contributed by atoms with Crippen molar-refractivity contribution in [3.8, 4) is 0 Å². The Morgan fingerprint density at radius 3 is 2.79 bits per heavy atom. The van der Waals surface area contributed by atoms with Gasteiger partial charge in [0.05, 0.1) is 32.6 Å². The van der Waals surface area contributed by atoms with E-state index in [9.17, 15) is 9.59 Å². The van der Waals surface area contributed by atoms with E-state index in [1.54, 1.807) is 52.7 Å². The second-order valence-corrected chi connectivity index (χ2v) is 8.76. The largest absolute Gasteiger partial charge is 0.436 e. The van der Waals surface area contributed by atoms with Crippen molar-refractivity contribution in [3.05, 3.63) is 83.4 Å². The van der Waals surface area contributed by atoms with Crippen molar-refractivity contribution in [2.24, 2.45) is 0 Å². The second kappa shape index (κ2) is 8.88. The maximum atomic E-state index is 13.4. The van der Waals surface area contributed by atoms with Crippen LogP contribution in [0.3, 0.4) is 0 Å². The van der Waals surface area contributed by atoms with Crippen LogP contribution in [-0.2, 0) is 16.0 Å². The standard InChI is InChI=1S/C24H23ClN4O4/c25-20-4-6-21(7-5-20)29-15-24(33-23(29)31)14-28(10-11-32-16-24)22(30)19-3-1-2-18(12-19)13-27-9-8-26-17-27/h1-9,12,17H,10-11,13-16H2/t24-/m0/s1. The molecular weight excluding hydrogens is 444 g/mol. The summed E-state index contributed by atoms with van der Waals surface area (Å²) in [5, 5.41) is 0.589. The van der Waals surface area contributed by atoms with Crippen LogP contribution >= 0.6 is 11.6 Å². The number of rotatable bonds is 4. The van der Waals surface area contributed by atoms with Gasteiger partial charge in [0, 0.05) is 41.8 Å². The first kappa shape index (κ1) is 21.5. The molecule has 1 atom stereocenters. The molecule has 9 heteroatoms. The van der Waals surface area contributed by atoms with E-state index in [2.05, 4.69) is 4.98 Å². The van der Waals surface area contributed by atoms with Gasteiger partial charge >= 0.3 is 6.09 Å². The van der Waals surface area contributed by atoms with Gasteiger partial charge in [0.25, 0.3) is 5.91 Å². The van der Waals surface area contributed by atoms with E-state index in [0.29, 0.717) is 36.0 Å². The van der Waals surface area contributed by atoms with Crippen LogP contribution in [0.15, 0.2) is 67.3 Å². The Kier molecular flexibility index (Phi) is 5.78. The molecule has 2 fully saturated rings. The molecule has 1 aromatic heterocycles. The number of carbonyl (C=O) groups excluding carboxylic acids is 2. The molecule has 170 valence electrons. The lowest BCUT2D eigenvalue weighted by Gasteiger charge is -2.29. The van der Waals surface area contributed by atoms with Gasteiger partial charge in [-0.1, -0.05) is 23.7 Å². The zero-order valence-electron chi connectivity index (χ0n) is 17.9. The minimum Gasteiger partial charge on any atom is -0.436 e. The monoisotopic (exact) mass is 466 g/mol. The fourth-order valence-electron chi connectivity index (χ4n) is 4.26. The number of nitrogens with zero attached hydrogens (tertiary/aromatic N) is 4. The number of hydrogen-bond acceptors (Lipinski definition) is 5. The Balaban J connectivity index is 1.34. The van der Waals surface area contributed by atoms with Crippen LogP contribution in [0.2, 0.25) is 5.02 Å². The Labute approximate surface area is 196 Å². The Morgan fingerprint density at radius 2 is 2.00 bits per heavy atom. The van der Waals surface area contributed by atoms with E-state index in [4.69, 9.17) is 21.1 Å². The molecule has 0 bridgehead atoms. The Bertz CT molecular complexity index is 1150. The van der Waals surface area contributed by atoms with Crippen molar-refractivity contribution in [2.45, 2.75) is 12.1 Å². The molecular formula is C24H23ClN4O4. The zero-order valence-corrected chi connectivity index (χ0v) is 18.6. The highest BCUT2D eigenvalue weighted by Crippen LogP contribution is 2.31. The topological polar surface area (TPSA) is 76.9 Å². The number of anilines is 1. The van der Waals surface area contributed by atoms with Crippen LogP contribution in [-0.4, -0.2) is 64.9 Å². The molecule has 2 aliphatic heterocycles. The summed E-state index contributed by atoms with van der Waals surface area (Å²) in [6, 6.07) is 14.6. The fourth-order valence-corrected chi connectivity index (χ4v) is 4.38. The molecule has 0 saturated carbocycles. The second-order valence-electron chi connectivity index (χ2n) is 8.33.